The molecule has 4 heterocycles. The van der Waals surface area contributed by atoms with Crippen molar-refractivity contribution in [2.45, 2.75) is 0 Å². The van der Waals surface area contributed by atoms with E-state index in [0.717, 1.165) is 5.82 Å². The van der Waals surface area contributed by atoms with Gasteiger partial charge in [0.05, 0.1) is 16.0 Å². The van der Waals surface area contributed by atoms with Crippen molar-refractivity contribution in [1.29, 1.82) is 0 Å². The van der Waals surface area contributed by atoms with E-state index in [0.29, 0.717) is 48.3 Å². The maximum atomic E-state index is 13.1. The quantitative estimate of drug-likeness (QED) is 0.448. The number of aromatic amines is 1. The van der Waals surface area contributed by atoms with Gasteiger partial charge in [0, 0.05) is 49.7 Å². The molecular weight excluding hydrogens is 442 g/mol. The van der Waals surface area contributed by atoms with E-state index in [1.165, 1.54) is 18.6 Å². The molecule has 0 saturated carbocycles. The summed E-state index contributed by atoms with van der Waals surface area (Å²) < 4.78 is 0. The van der Waals surface area contributed by atoms with Crippen molar-refractivity contribution in [3.8, 4) is 0 Å². The van der Waals surface area contributed by atoms with E-state index in [1.54, 1.807) is 23.2 Å². The minimum Gasteiger partial charge on any atom is -0.383 e. The van der Waals surface area contributed by atoms with Crippen molar-refractivity contribution in [2.75, 3.05) is 36.8 Å². The van der Waals surface area contributed by atoms with E-state index in [2.05, 4.69) is 24.8 Å². The number of hydrogen-bond donors (Lipinski definition) is 2. The number of nitrogens with two attached hydrogens (primary N) is 1. The Morgan fingerprint density at radius 3 is 2.55 bits per heavy atom. The van der Waals surface area contributed by atoms with Crippen molar-refractivity contribution >= 4 is 46.0 Å². The third kappa shape index (κ3) is 3.87. The number of halogens is 1. The van der Waals surface area contributed by atoms with Crippen LogP contribution in [-0.2, 0) is 0 Å². The lowest BCUT2D eigenvalue weighted by atomic mass is 10.0. The maximum Gasteiger partial charge on any atom is 0.254 e. The van der Waals surface area contributed by atoms with E-state index >= 15 is 0 Å². The predicted molar refractivity (Wildman–Crippen MR) is 126 cm³/mol. The third-order valence-corrected chi connectivity index (χ3v) is 6.06. The number of fused-ring (bicyclic) bond motifs is 1. The van der Waals surface area contributed by atoms with Gasteiger partial charge in [-0.05, 0) is 30.3 Å². The molecule has 0 radical (unpaired) electrons. The second-order valence-corrected chi connectivity index (χ2v) is 8.08. The number of ketones is 1. The third-order valence-electron chi connectivity index (χ3n) is 5.74. The van der Waals surface area contributed by atoms with Crippen molar-refractivity contribution in [3.05, 3.63) is 76.8 Å². The molecule has 10 heteroatoms. The Morgan fingerprint density at radius 1 is 1.00 bits per heavy atom. The van der Waals surface area contributed by atoms with Crippen LogP contribution in [0.2, 0.25) is 5.02 Å². The summed E-state index contributed by atoms with van der Waals surface area (Å²) in [5.74, 6) is 0.660. The second kappa shape index (κ2) is 8.51. The van der Waals surface area contributed by atoms with Crippen LogP contribution in [0.25, 0.3) is 11.0 Å². The highest BCUT2D eigenvalue weighted by Gasteiger charge is 2.25. The summed E-state index contributed by atoms with van der Waals surface area (Å²) in [4.78, 5) is 45.4. The number of nitrogen functional groups attached to an aromatic ring is 1. The summed E-state index contributed by atoms with van der Waals surface area (Å²) >= 11 is 6.44. The first-order chi connectivity index (χ1) is 16.0. The second-order valence-electron chi connectivity index (χ2n) is 7.68. The van der Waals surface area contributed by atoms with Crippen LogP contribution in [-0.4, -0.2) is 62.7 Å². The highest BCUT2D eigenvalue weighted by Crippen LogP contribution is 2.27. The Hall–Kier alpha value is -3.98. The van der Waals surface area contributed by atoms with Crippen LogP contribution in [0.4, 0.5) is 11.6 Å². The summed E-state index contributed by atoms with van der Waals surface area (Å²) in [7, 11) is 0. The number of H-pyrrole nitrogens is 1. The average Bonchev–Trinajstić information content (AvgIpc) is 3.29. The van der Waals surface area contributed by atoms with Crippen molar-refractivity contribution in [1.82, 2.24) is 24.8 Å². The molecule has 1 amide bonds. The zero-order valence-corrected chi connectivity index (χ0v) is 18.3. The first kappa shape index (κ1) is 20.9. The molecule has 33 heavy (non-hydrogen) atoms. The number of pyridine rings is 1. The Kier molecular flexibility index (Phi) is 5.39. The van der Waals surface area contributed by atoms with E-state index in [9.17, 15) is 9.59 Å². The number of anilines is 2. The van der Waals surface area contributed by atoms with Gasteiger partial charge in [0.2, 0.25) is 0 Å². The number of carbonyl (C=O) groups is 2. The number of rotatable bonds is 4. The van der Waals surface area contributed by atoms with Crippen LogP contribution >= 0.6 is 11.6 Å². The number of hydrogen-bond acceptors (Lipinski definition) is 7. The van der Waals surface area contributed by atoms with Crippen LogP contribution in [0, 0.1) is 0 Å². The fraction of sp³-hybridized carbons (Fsp3) is 0.174. The first-order valence-corrected chi connectivity index (χ1v) is 10.8. The largest absolute Gasteiger partial charge is 0.383 e. The Bertz CT molecular complexity index is 1350. The normalized spacial score (nSPS) is 14.0. The molecule has 9 nitrogen and oxygen atoms in total. The van der Waals surface area contributed by atoms with Gasteiger partial charge in [-0.25, -0.2) is 15.0 Å². The van der Waals surface area contributed by atoms with Crippen molar-refractivity contribution in [3.63, 3.8) is 0 Å². The van der Waals surface area contributed by atoms with Crippen LogP contribution in [0.15, 0.2) is 55.1 Å². The summed E-state index contributed by atoms with van der Waals surface area (Å²) in [5, 5.41) is 0.646. The standard InChI is InChI=1S/C23H20ClN7O2/c24-17-11-14(23(33)31-9-7-30(8-10-31)18-3-1-2-6-26-18)4-5-15(17)20(32)16-12-27-22-19(16)21(25)28-13-29-22/h1-6,11-13H,7-10H2,(H3,25,27,28,29). The molecule has 0 atom stereocenters. The van der Waals surface area contributed by atoms with E-state index in [4.69, 9.17) is 17.3 Å². The van der Waals surface area contributed by atoms with Gasteiger partial charge in [-0.3, -0.25) is 9.59 Å². The van der Waals surface area contributed by atoms with E-state index < -0.39 is 0 Å². The number of benzene rings is 1. The number of nitrogens with one attached hydrogen (secondary N) is 1. The van der Waals surface area contributed by atoms with Crippen molar-refractivity contribution < 1.29 is 9.59 Å². The molecule has 1 fully saturated rings. The lowest BCUT2D eigenvalue weighted by Crippen LogP contribution is -2.49. The van der Waals surface area contributed by atoms with E-state index in [-0.39, 0.29) is 28.1 Å². The minimum atomic E-state index is -0.323. The molecule has 3 N–H and O–H groups in total. The maximum absolute atomic E-state index is 13.1. The number of nitrogens with zero attached hydrogens (tertiary/aromatic N) is 5. The highest BCUT2D eigenvalue weighted by atomic mass is 35.5. The van der Waals surface area contributed by atoms with Crippen LogP contribution in [0.1, 0.15) is 26.3 Å². The average molecular weight is 462 g/mol. The zero-order chi connectivity index (χ0) is 22.9. The number of piperazine rings is 1. The minimum absolute atomic E-state index is 0.124. The molecule has 0 spiro atoms. The van der Waals surface area contributed by atoms with E-state index in [1.807, 2.05) is 18.2 Å². The Morgan fingerprint density at radius 2 is 1.82 bits per heavy atom. The molecule has 1 saturated heterocycles. The molecule has 166 valence electrons. The van der Waals surface area contributed by atoms with Crippen LogP contribution in [0.5, 0.6) is 0 Å². The molecule has 1 aliphatic rings. The highest BCUT2D eigenvalue weighted by molar-refractivity contribution is 6.36. The molecule has 4 aromatic rings. The van der Waals surface area contributed by atoms with Crippen LogP contribution in [0.3, 0.4) is 0 Å². The number of amides is 1. The van der Waals surface area contributed by atoms with Gasteiger partial charge < -0.3 is 20.5 Å². The summed E-state index contributed by atoms with van der Waals surface area (Å²) in [6.07, 6.45) is 4.62. The van der Waals surface area contributed by atoms with Gasteiger partial charge >= 0.3 is 0 Å². The predicted octanol–water partition coefficient (Wildman–Crippen LogP) is 2.78. The molecule has 5 rings (SSSR count). The van der Waals surface area contributed by atoms with Crippen LogP contribution < -0.4 is 10.6 Å². The van der Waals surface area contributed by atoms with Gasteiger partial charge in [-0.2, -0.15) is 0 Å². The SMILES string of the molecule is Nc1ncnc2[nH]cc(C(=O)c3ccc(C(=O)N4CCN(c5ccccn5)CC4)cc3Cl)c12. The zero-order valence-electron chi connectivity index (χ0n) is 17.5. The lowest BCUT2D eigenvalue weighted by Gasteiger charge is -2.35. The Balaban J connectivity index is 1.33. The van der Waals surface area contributed by atoms with Gasteiger partial charge in [0.15, 0.2) is 5.78 Å². The van der Waals surface area contributed by atoms with Gasteiger partial charge in [-0.1, -0.05) is 17.7 Å². The fourth-order valence-corrected chi connectivity index (χ4v) is 4.27. The van der Waals surface area contributed by atoms with Gasteiger partial charge in [0.1, 0.15) is 23.6 Å². The molecule has 0 aliphatic carbocycles. The smallest absolute Gasteiger partial charge is 0.254 e. The summed E-state index contributed by atoms with van der Waals surface area (Å²) in [5.41, 5.74) is 7.44. The molecule has 0 bridgehead atoms. The fourth-order valence-electron chi connectivity index (χ4n) is 4.01. The Labute approximate surface area is 194 Å². The molecular formula is C23H20ClN7O2. The number of aromatic nitrogens is 4. The molecule has 0 unspecified atom stereocenters. The molecule has 1 aliphatic heterocycles. The number of carbonyl (C=O) groups excluding carboxylic acids is 2. The summed E-state index contributed by atoms with van der Waals surface area (Å²) in [6, 6.07) is 10.5. The topological polar surface area (TPSA) is 121 Å². The molecule has 1 aromatic carbocycles. The van der Waals surface area contributed by atoms with Crippen molar-refractivity contribution in [2.24, 2.45) is 0 Å². The van der Waals surface area contributed by atoms with Gasteiger partial charge in [-0.15, -0.1) is 0 Å². The summed E-state index contributed by atoms with van der Waals surface area (Å²) in [6.45, 7) is 2.53. The first-order valence-electron chi connectivity index (χ1n) is 10.4. The lowest BCUT2D eigenvalue weighted by molar-refractivity contribution is 0.0746. The molecule has 3 aromatic heterocycles. The monoisotopic (exact) mass is 461 g/mol. The van der Waals surface area contributed by atoms with Gasteiger partial charge in [0.25, 0.3) is 5.91 Å².